The van der Waals surface area contributed by atoms with Crippen molar-refractivity contribution < 1.29 is 0 Å². The Morgan fingerprint density at radius 2 is 1.94 bits per heavy atom. The van der Waals surface area contributed by atoms with Gasteiger partial charge in [0.2, 0.25) is 0 Å². The zero-order valence-electron chi connectivity index (χ0n) is 10.4. The van der Waals surface area contributed by atoms with Crippen LogP contribution < -0.4 is 0 Å². The predicted octanol–water partition coefficient (Wildman–Crippen LogP) is 3.64. The summed E-state index contributed by atoms with van der Waals surface area (Å²) in [6.45, 7) is 6.12. The van der Waals surface area contributed by atoms with E-state index in [1.54, 1.807) is 0 Å². The lowest BCUT2D eigenvalue weighted by Crippen LogP contribution is -1.83. The number of aromatic nitrogens is 4. The van der Waals surface area contributed by atoms with Crippen LogP contribution in [-0.2, 0) is 0 Å². The Morgan fingerprint density at radius 3 is 2.61 bits per heavy atom. The number of aromatic amines is 2. The number of fused-ring (bicyclic) bond motifs is 1. The molecular formula is C13H13BrN4. The number of benzene rings is 1. The summed E-state index contributed by atoms with van der Waals surface area (Å²) in [7, 11) is 0. The van der Waals surface area contributed by atoms with Crippen molar-refractivity contribution in [2.24, 2.45) is 0 Å². The average Bonchev–Trinajstić information content (AvgIpc) is 2.85. The molecule has 0 saturated heterocycles. The van der Waals surface area contributed by atoms with Gasteiger partial charge in [-0.1, -0.05) is 15.9 Å². The molecule has 0 atom stereocenters. The molecule has 2 N–H and O–H groups in total. The van der Waals surface area contributed by atoms with Gasteiger partial charge in [-0.05, 0) is 38.5 Å². The Bertz CT molecular complexity index is 700. The van der Waals surface area contributed by atoms with E-state index in [0.717, 1.165) is 38.3 Å². The highest BCUT2D eigenvalue weighted by Crippen LogP contribution is 2.26. The summed E-state index contributed by atoms with van der Waals surface area (Å²) >= 11 is 3.52. The number of imidazole rings is 1. The summed E-state index contributed by atoms with van der Waals surface area (Å²) in [6, 6.07) is 4.12. The van der Waals surface area contributed by atoms with E-state index in [2.05, 4.69) is 49.1 Å². The third-order valence-corrected chi connectivity index (χ3v) is 4.09. The predicted molar refractivity (Wildman–Crippen MR) is 75.6 cm³/mol. The number of H-pyrrole nitrogens is 2. The van der Waals surface area contributed by atoms with Crippen LogP contribution in [0.3, 0.4) is 0 Å². The van der Waals surface area contributed by atoms with Gasteiger partial charge in [-0.15, -0.1) is 0 Å². The number of aryl methyl sites for hydroxylation is 2. The smallest absolute Gasteiger partial charge is 0.159 e. The third-order valence-electron chi connectivity index (χ3n) is 3.24. The van der Waals surface area contributed by atoms with Gasteiger partial charge in [0, 0.05) is 15.7 Å². The quantitative estimate of drug-likeness (QED) is 0.721. The first-order valence-electron chi connectivity index (χ1n) is 5.74. The molecule has 0 aliphatic carbocycles. The van der Waals surface area contributed by atoms with Crippen molar-refractivity contribution in [1.82, 2.24) is 20.2 Å². The highest BCUT2D eigenvalue weighted by atomic mass is 79.9. The molecule has 0 bridgehead atoms. The first-order valence-corrected chi connectivity index (χ1v) is 6.53. The van der Waals surface area contributed by atoms with Crippen LogP contribution >= 0.6 is 15.9 Å². The van der Waals surface area contributed by atoms with Crippen LogP contribution in [0, 0.1) is 20.8 Å². The van der Waals surface area contributed by atoms with Crippen molar-refractivity contribution >= 4 is 27.0 Å². The van der Waals surface area contributed by atoms with Gasteiger partial charge in [-0.2, -0.15) is 5.10 Å². The van der Waals surface area contributed by atoms with E-state index in [-0.39, 0.29) is 0 Å². The molecule has 0 aliphatic heterocycles. The summed E-state index contributed by atoms with van der Waals surface area (Å²) in [5.74, 6) is 0.810. The first kappa shape index (κ1) is 11.5. The lowest BCUT2D eigenvalue weighted by molar-refractivity contribution is 1.04. The van der Waals surface area contributed by atoms with Crippen LogP contribution in [0.5, 0.6) is 0 Å². The van der Waals surface area contributed by atoms with Crippen LogP contribution in [-0.4, -0.2) is 20.2 Å². The number of hydrogen-bond donors (Lipinski definition) is 2. The van der Waals surface area contributed by atoms with Crippen LogP contribution in [0.25, 0.3) is 22.6 Å². The van der Waals surface area contributed by atoms with Gasteiger partial charge in [-0.25, -0.2) is 4.98 Å². The Morgan fingerprint density at radius 1 is 1.17 bits per heavy atom. The lowest BCUT2D eigenvalue weighted by Gasteiger charge is -1.95. The van der Waals surface area contributed by atoms with Crippen LogP contribution in [0.15, 0.2) is 16.6 Å². The SMILES string of the molecule is Cc1cc2[nH]c(-c3n[nH]c(C)c3C)nc2cc1Br. The molecule has 0 amide bonds. The fourth-order valence-corrected chi connectivity index (χ4v) is 2.30. The molecule has 5 heteroatoms. The maximum absolute atomic E-state index is 4.59. The molecule has 92 valence electrons. The van der Waals surface area contributed by atoms with Gasteiger partial charge in [0.25, 0.3) is 0 Å². The van der Waals surface area contributed by atoms with E-state index in [1.807, 2.05) is 19.9 Å². The van der Waals surface area contributed by atoms with Crippen molar-refractivity contribution in [2.75, 3.05) is 0 Å². The zero-order valence-corrected chi connectivity index (χ0v) is 12.0. The number of rotatable bonds is 1. The van der Waals surface area contributed by atoms with Crippen LogP contribution in [0.1, 0.15) is 16.8 Å². The molecule has 3 aromatic rings. The molecule has 0 aliphatic rings. The maximum atomic E-state index is 4.59. The minimum atomic E-state index is 0.810. The second-order valence-corrected chi connectivity index (χ2v) is 5.38. The molecule has 3 rings (SSSR count). The molecule has 0 unspecified atom stereocenters. The fraction of sp³-hybridized carbons (Fsp3) is 0.231. The first-order chi connectivity index (χ1) is 8.56. The molecule has 2 aromatic heterocycles. The number of hydrogen-bond acceptors (Lipinski definition) is 2. The van der Waals surface area contributed by atoms with E-state index in [4.69, 9.17) is 0 Å². The van der Waals surface area contributed by atoms with Crippen LogP contribution in [0.2, 0.25) is 0 Å². The van der Waals surface area contributed by atoms with Crippen molar-refractivity contribution in [1.29, 1.82) is 0 Å². The number of nitrogens with one attached hydrogen (secondary N) is 2. The molecule has 2 heterocycles. The van der Waals surface area contributed by atoms with Crippen molar-refractivity contribution in [3.63, 3.8) is 0 Å². The molecule has 0 saturated carbocycles. The van der Waals surface area contributed by atoms with Gasteiger partial charge in [0.05, 0.1) is 11.0 Å². The second kappa shape index (κ2) is 3.95. The standard InChI is InChI=1S/C13H13BrN4/c1-6-4-10-11(5-9(6)14)16-13(15-10)12-7(2)8(3)17-18-12/h4-5H,1-3H3,(H,15,16)(H,17,18). The van der Waals surface area contributed by atoms with E-state index in [1.165, 1.54) is 5.56 Å². The largest absolute Gasteiger partial charge is 0.337 e. The van der Waals surface area contributed by atoms with Gasteiger partial charge < -0.3 is 4.98 Å². The van der Waals surface area contributed by atoms with E-state index in [9.17, 15) is 0 Å². The Hall–Kier alpha value is -1.62. The lowest BCUT2D eigenvalue weighted by atomic mass is 10.2. The molecule has 4 nitrogen and oxygen atoms in total. The van der Waals surface area contributed by atoms with E-state index in [0.29, 0.717) is 0 Å². The highest BCUT2D eigenvalue weighted by molar-refractivity contribution is 9.10. The molecule has 0 fully saturated rings. The Kier molecular flexibility index (Phi) is 2.52. The summed E-state index contributed by atoms with van der Waals surface area (Å²) in [5.41, 5.74) is 6.26. The minimum Gasteiger partial charge on any atom is -0.337 e. The summed E-state index contributed by atoms with van der Waals surface area (Å²) in [5, 5.41) is 7.28. The van der Waals surface area contributed by atoms with E-state index < -0.39 is 0 Å². The number of nitrogens with zero attached hydrogens (tertiary/aromatic N) is 2. The molecule has 0 radical (unpaired) electrons. The number of halogens is 1. The monoisotopic (exact) mass is 304 g/mol. The fourth-order valence-electron chi connectivity index (χ4n) is 1.97. The summed E-state index contributed by atoms with van der Waals surface area (Å²) in [6.07, 6.45) is 0. The second-order valence-electron chi connectivity index (χ2n) is 4.53. The van der Waals surface area contributed by atoms with Gasteiger partial charge in [0.15, 0.2) is 5.82 Å². The summed E-state index contributed by atoms with van der Waals surface area (Å²) < 4.78 is 1.07. The van der Waals surface area contributed by atoms with E-state index >= 15 is 0 Å². The molecule has 18 heavy (non-hydrogen) atoms. The highest BCUT2D eigenvalue weighted by Gasteiger charge is 2.13. The van der Waals surface area contributed by atoms with Crippen molar-refractivity contribution in [2.45, 2.75) is 20.8 Å². The van der Waals surface area contributed by atoms with Crippen molar-refractivity contribution in [3.05, 3.63) is 33.4 Å². The topological polar surface area (TPSA) is 57.4 Å². The van der Waals surface area contributed by atoms with Gasteiger partial charge >= 0.3 is 0 Å². The average molecular weight is 305 g/mol. The van der Waals surface area contributed by atoms with Gasteiger partial charge in [-0.3, -0.25) is 5.10 Å². The Labute approximate surface area is 113 Å². The molecule has 0 spiro atoms. The Balaban J connectivity index is 2.22. The van der Waals surface area contributed by atoms with Crippen molar-refractivity contribution in [3.8, 4) is 11.5 Å². The normalized spacial score (nSPS) is 11.3. The molecule has 1 aromatic carbocycles. The molecular weight excluding hydrogens is 292 g/mol. The van der Waals surface area contributed by atoms with Gasteiger partial charge in [0.1, 0.15) is 5.69 Å². The summed E-state index contributed by atoms with van der Waals surface area (Å²) in [4.78, 5) is 7.91. The van der Waals surface area contributed by atoms with Crippen LogP contribution in [0.4, 0.5) is 0 Å². The zero-order chi connectivity index (χ0) is 12.9. The minimum absolute atomic E-state index is 0.810. The third kappa shape index (κ3) is 1.66. The maximum Gasteiger partial charge on any atom is 0.159 e.